The van der Waals surface area contributed by atoms with Crippen molar-refractivity contribution in [1.29, 1.82) is 0 Å². The fraction of sp³-hybridized carbons (Fsp3) is 0.292. The van der Waals surface area contributed by atoms with Crippen LogP contribution in [0, 0.1) is 0 Å². The van der Waals surface area contributed by atoms with E-state index in [-0.39, 0.29) is 12.0 Å². The Bertz CT molecular complexity index is 978. The molecule has 1 saturated heterocycles. The van der Waals surface area contributed by atoms with E-state index in [1.165, 1.54) is 6.92 Å². The lowest BCUT2D eigenvalue weighted by molar-refractivity contribution is -0.114. The summed E-state index contributed by atoms with van der Waals surface area (Å²) in [5, 5.41) is 5.10. The number of fused-ring (bicyclic) bond motifs is 1. The van der Waals surface area contributed by atoms with Gasteiger partial charge in [0.25, 0.3) is 0 Å². The van der Waals surface area contributed by atoms with E-state index in [4.69, 9.17) is 14.2 Å². The molecule has 1 amide bonds. The summed E-state index contributed by atoms with van der Waals surface area (Å²) in [4.78, 5) is 11.3. The minimum Gasteiger partial charge on any atom is -0.493 e. The molecule has 1 aliphatic heterocycles. The van der Waals surface area contributed by atoms with Gasteiger partial charge in [-0.15, -0.1) is 0 Å². The molecule has 0 saturated carbocycles. The average Bonchev–Trinajstić information content (AvgIpc) is 2.74. The van der Waals surface area contributed by atoms with Crippen molar-refractivity contribution in [1.82, 2.24) is 0 Å². The highest BCUT2D eigenvalue weighted by molar-refractivity contribution is 5.98. The average molecular weight is 391 g/mol. The van der Waals surface area contributed by atoms with Crippen molar-refractivity contribution in [3.8, 4) is 16.9 Å². The predicted molar refractivity (Wildman–Crippen MR) is 114 cm³/mol. The first-order valence-corrected chi connectivity index (χ1v) is 9.92. The summed E-state index contributed by atoms with van der Waals surface area (Å²) in [6.07, 6.45) is 0.901. The van der Waals surface area contributed by atoms with Crippen LogP contribution in [0.25, 0.3) is 21.9 Å². The Morgan fingerprint density at radius 3 is 2.69 bits per heavy atom. The van der Waals surface area contributed by atoms with Crippen molar-refractivity contribution in [2.45, 2.75) is 19.4 Å². The highest BCUT2D eigenvalue weighted by Gasteiger charge is 2.14. The quantitative estimate of drug-likeness (QED) is 0.665. The zero-order chi connectivity index (χ0) is 20.1. The Morgan fingerprint density at radius 2 is 1.93 bits per heavy atom. The van der Waals surface area contributed by atoms with E-state index < -0.39 is 0 Å². The second-order valence-corrected chi connectivity index (χ2v) is 7.16. The minimum atomic E-state index is -0.0778. The predicted octanol–water partition coefficient (Wildman–Crippen LogP) is 4.65. The number of carbonyl (C=O) groups excluding carboxylic acids is 1. The monoisotopic (exact) mass is 391 g/mol. The Hall–Kier alpha value is -2.89. The van der Waals surface area contributed by atoms with Crippen molar-refractivity contribution in [2.24, 2.45) is 0 Å². The third kappa shape index (κ3) is 4.94. The largest absolute Gasteiger partial charge is 0.493 e. The highest BCUT2D eigenvalue weighted by atomic mass is 16.6. The van der Waals surface area contributed by atoms with Gasteiger partial charge < -0.3 is 19.5 Å². The fourth-order valence-electron chi connectivity index (χ4n) is 3.55. The Kier molecular flexibility index (Phi) is 6.08. The number of hydrogen-bond acceptors (Lipinski definition) is 4. The maximum absolute atomic E-state index is 11.3. The molecule has 5 nitrogen and oxygen atoms in total. The van der Waals surface area contributed by atoms with Gasteiger partial charge in [0.2, 0.25) is 5.91 Å². The van der Waals surface area contributed by atoms with Crippen LogP contribution in [0.3, 0.4) is 0 Å². The molecular weight excluding hydrogens is 366 g/mol. The Labute approximate surface area is 170 Å². The number of nitrogens with one attached hydrogen (secondary N) is 1. The van der Waals surface area contributed by atoms with E-state index in [0.717, 1.165) is 39.8 Å². The van der Waals surface area contributed by atoms with Gasteiger partial charge in [-0.2, -0.15) is 0 Å². The molecule has 1 atom stereocenters. The molecule has 150 valence electrons. The molecule has 3 aromatic rings. The first-order chi connectivity index (χ1) is 14.2. The van der Waals surface area contributed by atoms with Gasteiger partial charge in [-0.1, -0.05) is 36.4 Å². The smallest absolute Gasteiger partial charge is 0.221 e. The van der Waals surface area contributed by atoms with Crippen LogP contribution in [0.15, 0.2) is 60.7 Å². The van der Waals surface area contributed by atoms with Crippen LogP contribution in [0.2, 0.25) is 0 Å². The summed E-state index contributed by atoms with van der Waals surface area (Å²) in [5.41, 5.74) is 2.96. The fourth-order valence-corrected chi connectivity index (χ4v) is 3.55. The second kappa shape index (κ2) is 9.07. The lowest BCUT2D eigenvalue weighted by atomic mass is 9.97. The maximum atomic E-state index is 11.3. The first kappa shape index (κ1) is 19.4. The molecule has 5 heteroatoms. The van der Waals surface area contributed by atoms with Gasteiger partial charge in [-0.25, -0.2) is 0 Å². The number of hydrogen-bond donors (Lipinski definition) is 1. The SMILES string of the molecule is CC(=O)Nc1ccc(-c2cc(OCCC3COCCO3)cc3ccccc23)cc1. The summed E-state index contributed by atoms with van der Waals surface area (Å²) in [6, 6.07) is 20.3. The van der Waals surface area contributed by atoms with Crippen molar-refractivity contribution >= 4 is 22.4 Å². The second-order valence-electron chi connectivity index (χ2n) is 7.16. The maximum Gasteiger partial charge on any atom is 0.221 e. The summed E-state index contributed by atoms with van der Waals surface area (Å²) in [7, 11) is 0. The first-order valence-electron chi connectivity index (χ1n) is 9.92. The van der Waals surface area contributed by atoms with E-state index in [1.54, 1.807) is 0 Å². The normalized spacial score (nSPS) is 16.5. The van der Waals surface area contributed by atoms with E-state index in [9.17, 15) is 4.79 Å². The van der Waals surface area contributed by atoms with Crippen molar-refractivity contribution in [3.63, 3.8) is 0 Å². The summed E-state index contributed by atoms with van der Waals surface area (Å²) < 4.78 is 17.2. The zero-order valence-electron chi connectivity index (χ0n) is 16.5. The molecule has 0 spiro atoms. The highest BCUT2D eigenvalue weighted by Crippen LogP contribution is 2.33. The van der Waals surface area contributed by atoms with Gasteiger partial charge in [-0.05, 0) is 46.2 Å². The van der Waals surface area contributed by atoms with Crippen LogP contribution in [0.4, 0.5) is 5.69 Å². The molecule has 0 aliphatic carbocycles. The van der Waals surface area contributed by atoms with E-state index in [2.05, 4.69) is 29.6 Å². The lowest BCUT2D eigenvalue weighted by Crippen LogP contribution is -2.29. The van der Waals surface area contributed by atoms with Crippen LogP contribution >= 0.6 is 0 Å². The van der Waals surface area contributed by atoms with Gasteiger partial charge in [0.1, 0.15) is 5.75 Å². The molecule has 0 radical (unpaired) electrons. The number of benzene rings is 3. The number of ether oxygens (including phenoxy) is 3. The standard InChI is InChI=1S/C24H25NO4/c1-17(26)25-20-8-6-18(7-9-20)24-15-22(14-19-4-2-3-5-23(19)24)28-11-10-21-16-27-12-13-29-21/h2-9,14-15,21H,10-13,16H2,1H3,(H,25,26). The number of rotatable bonds is 6. The van der Waals surface area contributed by atoms with E-state index in [1.807, 2.05) is 36.4 Å². The number of amides is 1. The number of anilines is 1. The molecule has 29 heavy (non-hydrogen) atoms. The van der Waals surface area contributed by atoms with Gasteiger partial charge in [-0.3, -0.25) is 4.79 Å². The molecule has 1 fully saturated rings. The van der Waals surface area contributed by atoms with Gasteiger partial charge in [0.05, 0.1) is 32.5 Å². The molecular formula is C24H25NO4. The van der Waals surface area contributed by atoms with E-state index >= 15 is 0 Å². The van der Waals surface area contributed by atoms with Crippen LogP contribution in [-0.4, -0.2) is 38.4 Å². The Balaban J connectivity index is 1.56. The molecule has 3 aromatic carbocycles. The van der Waals surface area contributed by atoms with Crippen LogP contribution < -0.4 is 10.1 Å². The van der Waals surface area contributed by atoms with Gasteiger partial charge >= 0.3 is 0 Å². The summed E-state index contributed by atoms with van der Waals surface area (Å²) in [6.45, 7) is 4.04. The van der Waals surface area contributed by atoms with Crippen LogP contribution in [-0.2, 0) is 14.3 Å². The van der Waals surface area contributed by atoms with Crippen molar-refractivity contribution in [2.75, 3.05) is 31.7 Å². The molecule has 0 aromatic heterocycles. The molecule has 1 N–H and O–H groups in total. The molecule has 0 bridgehead atoms. The zero-order valence-corrected chi connectivity index (χ0v) is 16.5. The van der Waals surface area contributed by atoms with Gasteiger partial charge in [0.15, 0.2) is 0 Å². The molecule has 1 heterocycles. The van der Waals surface area contributed by atoms with E-state index in [0.29, 0.717) is 26.4 Å². The third-order valence-corrected chi connectivity index (χ3v) is 4.95. The number of carbonyl (C=O) groups is 1. The molecule has 1 unspecified atom stereocenters. The third-order valence-electron chi connectivity index (χ3n) is 4.95. The van der Waals surface area contributed by atoms with Gasteiger partial charge in [0, 0.05) is 19.0 Å². The molecule has 1 aliphatic rings. The van der Waals surface area contributed by atoms with Crippen LogP contribution in [0.1, 0.15) is 13.3 Å². The summed E-state index contributed by atoms with van der Waals surface area (Å²) >= 11 is 0. The van der Waals surface area contributed by atoms with Crippen molar-refractivity contribution < 1.29 is 19.0 Å². The van der Waals surface area contributed by atoms with Crippen molar-refractivity contribution in [3.05, 3.63) is 60.7 Å². The summed E-state index contributed by atoms with van der Waals surface area (Å²) in [5.74, 6) is 0.757. The Morgan fingerprint density at radius 1 is 1.10 bits per heavy atom. The topological polar surface area (TPSA) is 56.8 Å². The molecule has 4 rings (SSSR count). The lowest BCUT2D eigenvalue weighted by Gasteiger charge is -2.23. The van der Waals surface area contributed by atoms with Crippen LogP contribution in [0.5, 0.6) is 5.75 Å². The minimum absolute atomic E-state index is 0.0778.